The van der Waals surface area contributed by atoms with E-state index in [4.69, 9.17) is 4.74 Å². The van der Waals surface area contributed by atoms with Gasteiger partial charge in [-0.3, -0.25) is 0 Å². The van der Waals surface area contributed by atoms with Crippen molar-refractivity contribution in [3.63, 3.8) is 0 Å². The van der Waals surface area contributed by atoms with Crippen LogP contribution in [0, 0.1) is 6.92 Å². The zero-order valence-corrected chi connectivity index (χ0v) is 8.05. The molecular formula is C12H15O. The zero-order chi connectivity index (χ0) is 9.26. The maximum Gasteiger partial charge on any atom is 0.123 e. The molecule has 1 saturated carbocycles. The van der Waals surface area contributed by atoms with Crippen LogP contribution in [-0.4, -0.2) is 6.61 Å². The molecule has 1 heteroatoms. The Bertz CT molecular complexity index is 300. The maximum absolute atomic E-state index is 5.58. The van der Waals surface area contributed by atoms with E-state index in [1.807, 2.05) is 13.0 Å². The van der Waals surface area contributed by atoms with Crippen molar-refractivity contribution in [2.24, 2.45) is 0 Å². The fraction of sp³-hybridized carbons (Fsp3) is 0.417. The van der Waals surface area contributed by atoms with Gasteiger partial charge in [0.25, 0.3) is 0 Å². The van der Waals surface area contributed by atoms with Crippen LogP contribution in [0.3, 0.4) is 0 Å². The summed E-state index contributed by atoms with van der Waals surface area (Å²) >= 11 is 0. The first-order valence-corrected chi connectivity index (χ1v) is 4.90. The third kappa shape index (κ3) is 1.85. The van der Waals surface area contributed by atoms with Crippen LogP contribution < -0.4 is 4.74 Å². The molecule has 13 heavy (non-hydrogen) atoms. The maximum atomic E-state index is 5.58. The van der Waals surface area contributed by atoms with E-state index in [9.17, 15) is 0 Å². The predicted octanol–water partition coefficient (Wildman–Crippen LogP) is 3.14. The van der Waals surface area contributed by atoms with Crippen LogP contribution in [-0.2, 0) is 0 Å². The van der Waals surface area contributed by atoms with Crippen molar-refractivity contribution in [2.45, 2.75) is 25.7 Å². The lowest BCUT2D eigenvalue weighted by molar-refractivity contribution is 0.336. The number of hydrogen-bond donors (Lipinski definition) is 0. The molecule has 0 spiro atoms. The monoisotopic (exact) mass is 175 g/mol. The van der Waals surface area contributed by atoms with E-state index in [1.165, 1.54) is 18.4 Å². The third-order valence-electron chi connectivity index (χ3n) is 2.39. The van der Waals surface area contributed by atoms with Crippen molar-refractivity contribution in [1.29, 1.82) is 0 Å². The molecule has 0 saturated heterocycles. The van der Waals surface area contributed by atoms with E-state index >= 15 is 0 Å². The summed E-state index contributed by atoms with van der Waals surface area (Å²) in [6.45, 7) is 6.66. The first-order chi connectivity index (χ1) is 6.31. The van der Waals surface area contributed by atoms with E-state index in [0.717, 1.165) is 23.8 Å². The summed E-state index contributed by atoms with van der Waals surface area (Å²) in [6.07, 6.45) is 2.63. The van der Waals surface area contributed by atoms with Gasteiger partial charge in [-0.1, -0.05) is 12.1 Å². The van der Waals surface area contributed by atoms with Gasteiger partial charge in [-0.2, -0.15) is 0 Å². The average Bonchev–Trinajstić information content (AvgIpc) is 2.88. The quantitative estimate of drug-likeness (QED) is 0.685. The lowest BCUT2D eigenvalue weighted by Crippen LogP contribution is -1.96. The molecule has 0 atom stereocenters. The summed E-state index contributed by atoms with van der Waals surface area (Å²) in [5.41, 5.74) is 2.40. The van der Waals surface area contributed by atoms with Crippen LogP contribution in [0.1, 0.15) is 36.8 Å². The number of ether oxygens (including phenoxy) is 1. The molecule has 1 fully saturated rings. The van der Waals surface area contributed by atoms with Crippen molar-refractivity contribution in [1.82, 2.24) is 0 Å². The van der Waals surface area contributed by atoms with Gasteiger partial charge in [0.1, 0.15) is 5.75 Å². The molecular weight excluding hydrogens is 160 g/mol. The molecule has 1 radical (unpaired) electrons. The Labute approximate surface area is 79.7 Å². The smallest absolute Gasteiger partial charge is 0.123 e. The van der Waals surface area contributed by atoms with E-state index in [0.29, 0.717) is 0 Å². The molecule has 69 valence electrons. The van der Waals surface area contributed by atoms with E-state index in [1.54, 1.807) is 0 Å². The Hall–Kier alpha value is -0.980. The summed E-state index contributed by atoms with van der Waals surface area (Å²) in [5, 5.41) is 0. The Morgan fingerprint density at radius 3 is 2.85 bits per heavy atom. The van der Waals surface area contributed by atoms with Crippen molar-refractivity contribution < 1.29 is 4.74 Å². The minimum absolute atomic E-state index is 0.739. The van der Waals surface area contributed by atoms with Crippen LogP contribution >= 0.6 is 0 Å². The van der Waals surface area contributed by atoms with E-state index in [2.05, 4.69) is 19.1 Å². The Morgan fingerprint density at radius 1 is 1.46 bits per heavy atom. The normalized spacial score (nSPS) is 15.8. The Morgan fingerprint density at radius 2 is 2.23 bits per heavy atom. The lowest BCUT2D eigenvalue weighted by atomic mass is 10.1. The van der Waals surface area contributed by atoms with Gasteiger partial charge in [0.05, 0.1) is 6.61 Å². The molecule has 1 aromatic rings. The van der Waals surface area contributed by atoms with Crippen molar-refractivity contribution in [3.8, 4) is 5.75 Å². The van der Waals surface area contributed by atoms with Crippen LogP contribution in [0.5, 0.6) is 5.75 Å². The first kappa shape index (κ1) is 8.61. The molecule has 1 aliphatic rings. The number of benzene rings is 1. The summed E-state index contributed by atoms with van der Waals surface area (Å²) in [7, 11) is 0. The highest BCUT2D eigenvalue weighted by Gasteiger charge is 2.26. The minimum Gasteiger partial charge on any atom is -0.494 e. The largest absolute Gasteiger partial charge is 0.494 e. The molecule has 2 rings (SSSR count). The molecule has 0 aromatic heterocycles. The molecule has 0 unspecified atom stereocenters. The van der Waals surface area contributed by atoms with Gasteiger partial charge < -0.3 is 4.74 Å². The molecule has 1 aromatic carbocycles. The Kier molecular flexibility index (Phi) is 2.26. The summed E-state index contributed by atoms with van der Waals surface area (Å²) < 4.78 is 5.58. The fourth-order valence-electron chi connectivity index (χ4n) is 1.59. The van der Waals surface area contributed by atoms with Gasteiger partial charge >= 0.3 is 0 Å². The van der Waals surface area contributed by atoms with Crippen molar-refractivity contribution in [3.05, 3.63) is 36.2 Å². The lowest BCUT2D eigenvalue weighted by Gasteiger charge is -2.09. The van der Waals surface area contributed by atoms with Crippen molar-refractivity contribution in [2.75, 3.05) is 6.61 Å². The second-order valence-corrected chi connectivity index (χ2v) is 3.58. The summed E-state index contributed by atoms with van der Waals surface area (Å²) in [4.78, 5) is 0. The SMILES string of the molecule is [CH2]c1ccc(C2CC2)c(OCC)c1. The highest BCUT2D eigenvalue weighted by atomic mass is 16.5. The fourth-order valence-corrected chi connectivity index (χ4v) is 1.59. The first-order valence-electron chi connectivity index (χ1n) is 4.90. The molecule has 0 aliphatic heterocycles. The predicted molar refractivity (Wildman–Crippen MR) is 54.0 cm³/mol. The number of hydrogen-bond acceptors (Lipinski definition) is 1. The van der Waals surface area contributed by atoms with Crippen LogP contribution in [0.15, 0.2) is 18.2 Å². The highest BCUT2D eigenvalue weighted by molar-refractivity contribution is 5.42. The second-order valence-electron chi connectivity index (χ2n) is 3.58. The van der Waals surface area contributed by atoms with Gasteiger partial charge in [-0.05, 0) is 49.8 Å². The van der Waals surface area contributed by atoms with E-state index in [-0.39, 0.29) is 0 Å². The van der Waals surface area contributed by atoms with E-state index < -0.39 is 0 Å². The molecule has 0 heterocycles. The van der Waals surface area contributed by atoms with Gasteiger partial charge in [0, 0.05) is 0 Å². The molecule has 1 aliphatic carbocycles. The summed E-state index contributed by atoms with van der Waals surface area (Å²) in [6, 6.07) is 6.26. The average molecular weight is 175 g/mol. The number of rotatable bonds is 3. The topological polar surface area (TPSA) is 9.23 Å². The molecule has 0 bridgehead atoms. The highest BCUT2D eigenvalue weighted by Crippen LogP contribution is 2.44. The van der Waals surface area contributed by atoms with Crippen LogP contribution in [0.4, 0.5) is 0 Å². The van der Waals surface area contributed by atoms with Gasteiger partial charge in [0.15, 0.2) is 0 Å². The minimum atomic E-state index is 0.739. The molecule has 0 amide bonds. The van der Waals surface area contributed by atoms with Crippen molar-refractivity contribution >= 4 is 0 Å². The second kappa shape index (κ2) is 3.41. The standard InChI is InChI=1S/C12H15O/c1-3-13-12-8-9(2)4-7-11(12)10-5-6-10/h4,7-8,10H,2-3,5-6H2,1H3. The molecule has 0 N–H and O–H groups in total. The summed E-state index contributed by atoms with van der Waals surface area (Å²) in [5.74, 6) is 1.79. The van der Waals surface area contributed by atoms with Gasteiger partial charge in [-0.25, -0.2) is 0 Å². The Balaban J connectivity index is 2.30. The zero-order valence-electron chi connectivity index (χ0n) is 8.05. The van der Waals surface area contributed by atoms with Gasteiger partial charge in [-0.15, -0.1) is 0 Å². The van der Waals surface area contributed by atoms with Gasteiger partial charge in [0.2, 0.25) is 0 Å². The molecule has 1 nitrogen and oxygen atoms in total. The van der Waals surface area contributed by atoms with Crippen LogP contribution in [0.25, 0.3) is 0 Å². The third-order valence-corrected chi connectivity index (χ3v) is 2.39. The van der Waals surface area contributed by atoms with Crippen LogP contribution in [0.2, 0.25) is 0 Å².